The lowest BCUT2D eigenvalue weighted by Gasteiger charge is -2.36. The van der Waals surface area contributed by atoms with E-state index in [0.717, 1.165) is 44.7 Å². The van der Waals surface area contributed by atoms with E-state index in [4.69, 9.17) is 4.42 Å². The van der Waals surface area contributed by atoms with Crippen molar-refractivity contribution in [3.63, 3.8) is 0 Å². The Morgan fingerprint density at radius 1 is 1.08 bits per heavy atom. The first kappa shape index (κ1) is 15.0. The summed E-state index contributed by atoms with van der Waals surface area (Å²) >= 11 is 0. The smallest absolute Gasteiger partial charge is 0.234 e. The minimum absolute atomic E-state index is 0.221. The molecule has 1 saturated carbocycles. The van der Waals surface area contributed by atoms with Crippen LogP contribution in [0.15, 0.2) is 28.7 Å². The first-order chi connectivity index (χ1) is 11.7. The van der Waals surface area contributed by atoms with E-state index in [0.29, 0.717) is 23.4 Å². The summed E-state index contributed by atoms with van der Waals surface area (Å²) in [5, 5.41) is 9.35. The number of nitriles is 1. The van der Waals surface area contributed by atoms with Crippen LogP contribution in [0.4, 0.5) is 16.0 Å². The number of benzene rings is 1. The Balaban J connectivity index is 1.46. The number of hydrogen-bond donors (Lipinski definition) is 0. The fourth-order valence-electron chi connectivity index (χ4n) is 3.26. The number of piperazine rings is 1. The monoisotopic (exact) mass is 326 g/mol. The van der Waals surface area contributed by atoms with Gasteiger partial charge in [-0.25, -0.2) is 9.37 Å². The number of anilines is 2. The molecule has 0 N–H and O–H groups in total. The van der Waals surface area contributed by atoms with E-state index in [1.165, 1.54) is 18.6 Å². The molecule has 5 nitrogen and oxygen atoms in total. The fraction of sp³-hybridized carbons (Fsp3) is 0.444. The molecule has 2 fully saturated rings. The summed E-state index contributed by atoms with van der Waals surface area (Å²) in [6.07, 6.45) is 3.41. The van der Waals surface area contributed by atoms with Crippen LogP contribution in [0.3, 0.4) is 0 Å². The van der Waals surface area contributed by atoms with Gasteiger partial charge < -0.3 is 14.2 Å². The quantitative estimate of drug-likeness (QED) is 0.866. The molecule has 0 atom stereocenters. The predicted octanol–water partition coefficient (Wildman–Crippen LogP) is 3.28. The maximum absolute atomic E-state index is 13.0. The number of aromatic nitrogens is 1. The van der Waals surface area contributed by atoms with E-state index >= 15 is 0 Å². The van der Waals surface area contributed by atoms with Crippen molar-refractivity contribution in [2.45, 2.75) is 25.2 Å². The van der Waals surface area contributed by atoms with Gasteiger partial charge in [0.05, 0.1) is 0 Å². The summed E-state index contributed by atoms with van der Waals surface area (Å²) in [4.78, 5) is 8.69. The van der Waals surface area contributed by atoms with Gasteiger partial charge in [-0.1, -0.05) is 6.42 Å². The summed E-state index contributed by atoms with van der Waals surface area (Å²) in [7, 11) is 0. The number of hydrogen-bond acceptors (Lipinski definition) is 5. The van der Waals surface area contributed by atoms with Crippen molar-refractivity contribution in [1.82, 2.24) is 4.98 Å². The van der Waals surface area contributed by atoms with E-state index in [9.17, 15) is 9.65 Å². The summed E-state index contributed by atoms with van der Waals surface area (Å²) in [5.74, 6) is 1.49. The molecule has 1 aromatic heterocycles. The topological polar surface area (TPSA) is 56.3 Å². The molecule has 6 heteroatoms. The average molecular weight is 326 g/mol. The van der Waals surface area contributed by atoms with E-state index in [2.05, 4.69) is 20.9 Å². The van der Waals surface area contributed by atoms with Gasteiger partial charge in [0.25, 0.3) is 0 Å². The minimum atomic E-state index is -0.221. The summed E-state index contributed by atoms with van der Waals surface area (Å²) in [5.41, 5.74) is 1.41. The average Bonchev–Trinajstić information content (AvgIpc) is 2.98. The van der Waals surface area contributed by atoms with Gasteiger partial charge in [0, 0.05) is 37.8 Å². The van der Waals surface area contributed by atoms with Crippen molar-refractivity contribution in [3.8, 4) is 6.07 Å². The second kappa shape index (κ2) is 6.16. The van der Waals surface area contributed by atoms with Gasteiger partial charge in [-0.05, 0) is 37.1 Å². The van der Waals surface area contributed by atoms with E-state index < -0.39 is 0 Å². The van der Waals surface area contributed by atoms with Crippen molar-refractivity contribution in [1.29, 1.82) is 5.26 Å². The first-order valence-electron chi connectivity index (χ1n) is 8.41. The van der Waals surface area contributed by atoms with Crippen molar-refractivity contribution in [2.75, 3.05) is 36.0 Å². The van der Waals surface area contributed by atoms with Crippen molar-refractivity contribution >= 4 is 11.6 Å². The Bertz CT molecular complexity index is 752. The Hall–Kier alpha value is -2.55. The van der Waals surface area contributed by atoms with Crippen LogP contribution in [0.1, 0.15) is 36.8 Å². The molecule has 0 radical (unpaired) electrons. The van der Waals surface area contributed by atoms with Gasteiger partial charge in [0.2, 0.25) is 17.5 Å². The van der Waals surface area contributed by atoms with Gasteiger partial charge in [0.1, 0.15) is 11.9 Å². The lowest BCUT2D eigenvalue weighted by molar-refractivity contribution is 0.334. The van der Waals surface area contributed by atoms with Crippen LogP contribution in [0.2, 0.25) is 0 Å². The van der Waals surface area contributed by atoms with Gasteiger partial charge >= 0.3 is 0 Å². The molecule has 1 saturated heterocycles. The highest BCUT2D eigenvalue weighted by molar-refractivity contribution is 5.52. The number of halogens is 1. The van der Waals surface area contributed by atoms with E-state index in [1.54, 1.807) is 12.1 Å². The second-order valence-corrected chi connectivity index (χ2v) is 6.40. The lowest BCUT2D eigenvalue weighted by Crippen LogP contribution is -2.46. The van der Waals surface area contributed by atoms with Crippen LogP contribution >= 0.6 is 0 Å². The number of oxazole rings is 1. The van der Waals surface area contributed by atoms with Crippen molar-refractivity contribution in [3.05, 3.63) is 41.7 Å². The zero-order valence-corrected chi connectivity index (χ0v) is 13.4. The molecule has 4 rings (SSSR count). The lowest BCUT2D eigenvalue weighted by atomic mass is 9.85. The second-order valence-electron chi connectivity index (χ2n) is 6.40. The molecule has 1 aromatic carbocycles. The Morgan fingerprint density at radius 2 is 1.75 bits per heavy atom. The Kier molecular flexibility index (Phi) is 3.85. The summed E-state index contributed by atoms with van der Waals surface area (Å²) in [6, 6.07) is 8.73. The summed E-state index contributed by atoms with van der Waals surface area (Å²) < 4.78 is 19.0. The third-order valence-corrected chi connectivity index (χ3v) is 4.94. The molecule has 24 heavy (non-hydrogen) atoms. The maximum atomic E-state index is 13.0. The van der Waals surface area contributed by atoms with E-state index in [-0.39, 0.29) is 5.82 Å². The van der Waals surface area contributed by atoms with Gasteiger partial charge in [0.15, 0.2) is 0 Å². The molecule has 2 aromatic rings. The predicted molar refractivity (Wildman–Crippen MR) is 88.6 cm³/mol. The van der Waals surface area contributed by atoms with Gasteiger partial charge in [-0.2, -0.15) is 5.26 Å². The third kappa shape index (κ3) is 2.71. The van der Waals surface area contributed by atoms with Crippen LogP contribution in [-0.4, -0.2) is 31.2 Å². The SMILES string of the molecule is N#Cc1nc(C2CCC2)oc1N1CCN(c2ccc(F)cc2)CC1. The highest BCUT2D eigenvalue weighted by atomic mass is 19.1. The number of nitrogens with zero attached hydrogens (tertiary/aromatic N) is 4. The third-order valence-electron chi connectivity index (χ3n) is 4.94. The van der Waals surface area contributed by atoms with E-state index in [1.807, 2.05) is 0 Å². The first-order valence-corrected chi connectivity index (χ1v) is 8.41. The molecule has 0 amide bonds. The van der Waals surface area contributed by atoms with Crippen LogP contribution < -0.4 is 9.80 Å². The highest BCUT2D eigenvalue weighted by Gasteiger charge is 2.29. The van der Waals surface area contributed by atoms with Gasteiger partial charge in [-0.3, -0.25) is 0 Å². The largest absolute Gasteiger partial charge is 0.423 e. The van der Waals surface area contributed by atoms with Crippen LogP contribution in [0, 0.1) is 17.1 Å². The van der Waals surface area contributed by atoms with Gasteiger partial charge in [-0.15, -0.1) is 0 Å². The Morgan fingerprint density at radius 3 is 2.33 bits per heavy atom. The maximum Gasteiger partial charge on any atom is 0.234 e. The molecular formula is C18H19FN4O. The number of rotatable bonds is 3. The zero-order chi connectivity index (χ0) is 16.5. The molecule has 0 spiro atoms. The van der Waals surface area contributed by atoms with Crippen LogP contribution in [0.5, 0.6) is 0 Å². The molecular weight excluding hydrogens is 307 g/mol. The minimum Gasteiger partial charge on any atom is -0.423 e. The standard InChI is InChI=1S/C18H19FN4O/c19-14-4-6-15(7-5-14)22-8-10-23(11-9-22)18-16(12-20)21-17(24-18)13-2-1-3-13/h4-7,13H,1-3,8-11H2. The molecule has 0 bridgehead atoms. The molecule has 124 valence electrons. The van der Waals surface area contributed by atoms with Crippen molar-refractivity contribution < 1.29 is 8.81 Å². The zero-order valence-electron chi connectivity index (χ0n) is 13.4. The Labute approximate surface area is 140 Å². The molecule has 2 heterocycles. The summed E-state index contributed by atoms with van der Waals surface area (Å²) in [6.45, 7) is 3.11. The molecule has 1 aliphatic carbocycles. The van der Waals surface area contributed by atoms with Crippen LogP contribution in [0.25, 0.3) is 0 Å². The molecule has 1 aliphatic heterocycles. The highest BCUT2D eigenvalue weighted by Crippen LogP contribution is 2.38. The van der Waals surface area contributed by atoms with Crippen LogP contribution in [-0.2, 0) is 0 Å². The fourth-order valence-corrected chi connectivity index (χ4v) is 3.26. The normalized spacial score (nSPS) is 18.3. The van der Waals surface area contributed by atoms with Crippen molar-refractivity contribution in [2.24, 2.45) is 0 Å². The molecule has 0 unspecified atom stereocenters. The molecule has 2 aliphatic rings.